The molecule has 4 aromatic rings. The highest BCUT2D eigenvalue weighted by Crippen LogP contribution is 2.58. The summed E-state index contributed by atoms with van der Waals surface area (Å²) in [6.45, 7) is 2.16. The maximum absolute atomic E-state index is 15.0. The number of hydrogen-bond acceptors (Lipinski definition) is 6. The molecular formula is C38H33N3O5. The summed E-state index contributed by atoms with van der Waals surface area (Å²) in [4.78, 5) is 57.1. The van der Waals surface area contributed by atoms with E-state index in [2.05, 4.69) is 12.2 Å². The number of aryl methyl sites for hydroxylation is 1. The lowest BCUT2D eigenvalue weighted by atomic mass is 9.64. The van der Waals surface area contributed by atoms with Crippen molar-refractivity contribution in [2.75, 3.05) is 10.2 Å². The zero-order valence-corrected chi connectivity index (χ0v) is 25.4. The largest absolute Gasteiger partial charge is 0.352 e. The van der Waals surface area contributed by atoms with Crippen LogP contribution < -0.4 is 10.2 Å². The highest BCUT2D eigenvalue weighted by Gasteiger charge is 2.70. The highest BCUT2D eigenvalue weighted by molar-refractivity contribution is 6.18. The van der Waals surface area contributed by atoms with Crippen LogP contribution in [0.25, 0.3) is 6.08 Å². The summed E-state index contributed by atoms with van der Waals surface area (Å²) in [6.07, 6.45) is 8.09. The molecule has 1 fully saturated rings. The number of fused-ring (bicyclic) bond motifs is 6. The van der Waals surface area contributed by atoms with E-state index in [4.69, 9.17) is 0 Å². The molecule has 0 aliphatic carbocycles. The lowest BCUT2D eigenvalue weighted by Crippen LogP contribution is -2.51. The number of benzene rings is 4. The summed E-state index contributed by atoms with van der Waals surface area (Å²) in [6, 6.07) is 26.3. The van der Waals surface area contributed by atoms with Gasteiger partial charge in [0, 0.05) is 34.6 Å². The molecule has 8 heteroatoms. The van der Waals surface area contributed by atoms with Gasteiger partial charge >= 0.3 is 0 Å². The second kappa shape index (κ2) is 11.5. The first-order valence-corrected chi connectivity index (χ1v) is 15.7. The van der Waals surface area contributed by atoms with Crippen molar-refractivity contribution in [3.05, 3.63) is 141 Å². The predicted molar refractivity (Wildman–Crippen MR) is 177 cm³/mol. The van der Waals surface area contributed by atoms with Gasteiger partial charge in [0.05, 0.1) is 16.9 Å². The number of nitro benzene ring substituents is 1. The van der Waals surface area contributed by atoms with Crippen molar-refractivity contribution in [1.29, 1.82) is 0 Å². The van der Waals surface area contributed by atoms with Gasteiger partial charge in [-0.1, -0.05) is 92.6 Å². The molecule has 0 aromatic heterocycles. The second-order valence-electron chi connectivity index (χ2n) is 12.2. The Bertz CT molecular complexity index is 1900. The minimum absolute atomic E-state index is 0.140. The summed E-state index contributed by atoms with van der Waals surface area (Å²) in [5.41, 5.74) is 3.13. The Hall–Kier alpha value is -5.37. The SMILES string of the molecule is CCCCCc1ccc(C(=O)[C@H]2[C@H](C(=O)c3ccc([N+](=O)[O-])cc3)N3c4ccccc4C=C[C@@H]3[C@]23C(=O)Nc2ccccc23)cc1. The van der Waals surface area contributed by atoms with Crippen molar-refractivity contribution < 1.29 is 19.3 Å². The van der Waals surface area contributed by atoms with Crippen LogP contribution in [0.2, 0.25) is 0 Å². The molecule has 0 unspecified atom stereocenters. The quantitative estimate of drug-likeness (QED) is 0.0929. The average Bonchev–Trinajstić information content (AvgIpc) is 3.56. The molecule has 230 valence electrons. The van der Waals surface area contributed by atoms with Crippen LogP contribution in [0.15, 0.2) is 103 Å². The van der Waals surface area contributed by atoms with Crippen LogP contribution in [0.1, 0.15) is 63.6 Å². The van der Waals surface area contributed by atoms with Gasteiger partial charge in [-0.15, -0.1) is 0 Å². The number of ketones is 2. The van der Waals surface area contributed by atoms with E-state index < -0.39 is 28.3 Å². The molecule has 1 N–H and O–H groups in total. The topological polar surface area (TPSA) is 110 Å². The first kappa shape index (κ1) is 29.3. The Morgan fingerprint density at radius 2 is 1.54 bits per heavy atom. The number of unbranched alkanes of at least 4 members (excludes halogenated alkanes) is 2. The first-order chi connectivity index (χ1) is 22.4. The van der Waals surface area contributed by atoms with Crippen LogP contribution in [0.4, 0.5) is 17.1 Å². The van der Waals surface area contributed by atoms with E-state index in [1.54, 1.807) is 0 Å². The number of amides is 1. The number of para-hydroxylation sites is 2. The molecule has 0 bridgehead atoms. The van der Waals surface area contributed by atoms with Gasteiger partial charge in [-0.05, 0) is 53.8 Å². The standard InChI is InChI=1S/C38H33N3O5/c1-2-3-4-9-24-14-16-26(17-15-24)35(42)33-34(36(43)27-18-21-28(22-19-27)41(45)46)40-31-13-8-5-10-25(31)20-23-32(40)38(33)29-11-6-7-12-30(29)39-37(38)44/h5-8,10-23,32-34H,2-4,9H2,1H3,(H,39,44)/t32-,33-,34-,38+/m1/s1. The van der Waals surface area contributed by atoms with Crippen molar-refractivity contribution in [3.8, 4) is 0 Å². The Morgan fingerprint density at radius 3 is 2.28 bits per heavy atom. The maximum Gasteiger partial charge on any atom is 0.269 e. The molecule has 46 heavy (non-hydrogen) atoms. The molecule has 1 spiro atoms. The fourth-order valence-electron chi connectivity index (χ4n) is 7.63. The van der Waals surface area contributed by atoms with Gasteiger partial charge in [0.15, 0.2) is 11.6 Å². The normalized spacial score (nSPS) is 22.2. The van der Waals surface area contributed by atoms with Crippen LogP contribution >= 0.6 is 0 Å². The van der Waals surface area contributed by atoms with Crippen molar-refractivity contribution in [3.63, 3.8) is 0 Å². The number of carbonyl (C=O) groups is 3. The van der Waals surface area contributed by atoms with Gasteiger partial charge in [0.2, 0.25) is 5.91 Å². The van der Waals surface area contributed by atoms with Crippen molar-refractivity contribution in [2.45, 2.75) is 50.1 Å². The van der Waals surface area contributed by atoms with Gasteiger partial charge in [0.25, 0.3) is 5.69 Å². The van der Waals surface area contributed by atoms with Crippen LogP contribution in [0.3, 0.4) is 0 Å². The first-order valence-electron chi connectivity index (χ1n) is 15.7. The van der Waals surface area contributed by atoms with E-state index in [1.807, 2.05) is 89.8 Å². The van der Waals surface area contributed by atoms with E-state index in [-0.39, 0.29) is 28.7 Å². The third-order valence-corrected chi connectivity index (χ3v) is 9.76. The Kier molecular flexibility index (Phi) is 7.35. The number of rotatable bonds is 9. The molecule has 0 radical (unpaired) electrons. The smallest absolute Gasteiger partial charge is 0.269 e. The molecule has 4 aromatic carbocycles. The molecule has 0 saturated carbocycles. The van der Waals surface area contributed by atoms with Gasteiger partial charge in [-0.25, -0.2) is 0 Å². The van der Waals surface area contributed by atoms with Gasteiger partial charge in [0.1, 0.15) is 11.5 Å². The summed E-state index contributed by atoms with van der Waals surface area (Å²) in [5.74, 6) is -2.12. The van der Waals surface area contributed by atoms with E-state index in [0.29, 0.717) is 16.8 Å². The van der Waals surface area contributed by atoms with Gasteiger partial charge in [-0.3, -0.25) is 24.5 Å². The summed E-state index contributed by atoms with van der Waals surface area (Å²) in [7, 11) is 0. The minimum Gasteiger partial charge on any atom is -0.352 e. The molecular weight excluding hydrogens is 578 g/mol. The Labute approximate surface area is 266 Å². The molecule has 1 amide bonds. The molecule has 4 atom stereocenters. The van der Waals surface area contributed by atoms with Crippen LogP contribution in [-0.4, -0.2) is 34.5 Å². The predicted octanol–water partition coefficient (Wildman–Crippen LogP) is 7.18. The number of nitrogens with zero attached hydrogens (tertiary/aromatic N) is 2. The molecule has 1 saturated heterocycles. The molecule has 8 nitrogen and oxygen atoms in total. The zero-order valence-electron chi connectivity index (χ0n) is 25.4. The fraction of sp³-hybridized carbons (Fsp3) is 0.237. The van der Waals surface area contributed by atoms with E-state index >= 15 is 4.79 Å². The van der Waals surface area contributed by atoms with Gasteiger partial charge < -0.3 is 10.2 Å². The summed E-state index contributed by atoms with van der Waals surface area (Å²) >= 11 is 0. The third kappa shape index (κ3) is 4.47. The van der Waals surface area contributed by atoms with E-state index in [0.717, 1.165) is 42.5 Å². The lowest BCUT2D eigenvalue weighted by molar-refractivity contribution is -0.384. The zero-order chi connectivity index (χ0) is 32.0. The van der Waals surface area contributed by atoms with Crippen molar-refractivity contribution >= 4 is 40.6 Å². The Morgan fingerprint density at radius 1 is 0.870 bits per heavy atom. The van der Waals surface area contributed by atoms with Crippen LogP contribution in [-0.2, 0) is 16.6 Å². The van der Waals surface area contributed by atoms with Crippen molar-refractivity contribution in [2.24, 2.45) is 5.92 Å². The fourth-order valence-corrected chi connectivity index (χ4v) is 7.63. The number of carbonyl (C=O) groups excluding carboxylic acids is 3. The molecule has 3 heterocycles. The number of nitro groups is 1. The minimum atomic E-state index is -1.42. The third-order valence-electron chi connectivity index (χ3n) is 9.76. The number of hydrogen-bond donors (Lipinski definition) is 1. The highest BCUT2D eigenvalue weighted by atomic mass is 16.6. The number of anilines is 2. The number of nitrogens with one attached hydrogen (secondary N) is 1. The summed E-state index contributed by atoms with van der Waals surface area (Å²) < 4.78 is 0. The molecule has 7 rings (SSSR count). The second-order valence-corrected chi connectivity index (χ2v) is 12.2. The van der Waals surface area contributed by atoms with E-state index in [1.165, 1.54) is 24.3 Å². The van der Waals surface area contributed by atoms with Crippen molar-refractivity contribution in [1.82, 2.24) is 0 Å². The van der Waals surface area contributed by atoms with E-state index in [9.17, 15) is 19.7 Å². The monoisotopic (exact) mass is 611 g/mol. The lowest BCUT2D eigenvalue weighted by Gasteiger charge is -2.37. The van der Waals surface area contributed by atoms with Crippen LogP contribution in [0.5, 0.6) is 0 Å². The van der Waals surface area contributed by atoms with Crippen LogP contribution in [0, 0.1) is 16.0 Å². The number of Topliss-reactive ketones (excluding diaryl/α,β-unsaturated/α-hetero) is 2. The van der Waals surface area contributed by atoms with Gasteiger partial charge in [-0.2, -0.15) is 0 Å². The average molecular weight is 612 g/mol. The summed E-state index contributed by atoms with van der Waals surface area (Å²) in [5, 5.41) is 14.4. The molecule has 3 aliphatic rings. The molecule has 3 aliphatic heterocycles. The number of non-ortho nitro benzene ring substituents is 1. The maximum atomic E-state index is 15.0. The Balaban J connectivity index is 1.43.